The average molecular weight is 214 g/mol. The predicted octanol–water partition coefficient (Wildman–Crippen LogP) is 2.64. The number of aromatic nitrogens is 1. The fourth-order valence-electron chi connectivity index (χ4n) is 2.64. The van der Waals surface area contributed by atoms with Crippen molar-refractivity contribution >= 4 is 10.9 Å². The van der Waals surface area contributed by atoms with Gasteiger partial charge in [0.05, 0.1) is 0 Å². The Hall–Kier alpha value is -1.28. The molecule has 1 aromatic heterocycles. The maximum absolute atomic E-state index is 3.58. The van der Waals surface area contributed by atoms with Gasteiger partial charge in [-0.3, -0.25) is 0 Å². The Morgan fingerprint density at radius 1 is 0.938 bits per heavy atom. The molecule has 0 radical (unpaired) electrons. The zero-order valence-electron chi connectivity index (χ0n) is 9.55. The smallest absolute Gasteiger partial charge is 0.0458 e. The van der Waals surface area contributed by atoms with Gasteiger partial charge in [-0.05, 0) is 50.4 Å². The van der Waals surface area contributed by atoms with Gasteiger partial charge in [-0.1, -0.05) is 18.2 Å². The molecule has 16 heavy (non-hydrogen) atoms. The second-order valence-electron chi connectivity index (χ2n) is 4.58. The second kappa shape index (κ2) is 4.30. The summed E-state index contributed by atoms with van der Waals surface area (Å²) in [6, 6.07) is 8.66. The Kier molecular flexibility index (Phi) is 2.66. The van der Waals surface area contributed by atoms with Crippen LogP contribution in [0.2, 0.25) is 0 Å². The molecule has 1 aliphatic heterocycles. The lowest BCUT2D eigenvalue weighted by Crippen LogP contribution is -2.17. The summed E-state index contributed by atoms with van der Waals surface area (Å²) in [7, 11) is 0. The molecule has 2 heteroatoms. The molecule has 2 N–H and O–H groups in total. The number of H-pyrrole nitrogens is 1. The molecule has 0 saturated carbocycles. The summed E-state index contributed by atoms with van der Waals surface area (Å²) in [5.41, 5.74) is 4.29. The number of hydrogen-bond acceptors (Lipinski definition) is 1. The van der Waals surface area contributed by atoms with Crippen molar-refractivity contribution in [3.8, 4) is 0 Å². The highest BCUT2D eigenvalue weighted by molar-refractivity contribution is 5.84. The topological polar surface area (TPSA) is 27.8 Å². The van der Waals surface area contributed by atoms with Gasteiger partial charge in [0.15, 0.2) is 0 Å². The van der Waals surface area contributed by atoms with Crippen molar-refractivity contribution in [2.24, 2.45) is 0 Å². The maximum Gasteiger partial charge on any atom is 0.0458 e. The van der Waals surface area contributed by atoms with E-state index in [1.54, 1.807) is 0 Å². The first-order valence-corrected chi connectivity index (χ1v) is 6.24. The molecule has 84 valence electrons. The molecule has 0 bridgehead atoms. The van der Waals surface area contributed by atoms with E-state index in [1.165, 1.54) is 48.0 Å². The van der Waals surface area contributed by atoms with E-state index >= 15 is 0 Å². The van der Waals surface area contributed by atoms with Crippen molar-refractivity contribution in [2.75, 3.05) is 13.1 Å². The van der Waals surface area contributed by atoms with Gasteiger partial charge in [-0.15, -0.1) is 0 Å². The zero-order chi connectivity index (χ0) is 10.8. The largest absolute Gasteiger partial charge is 0.358 e. The van der Waals surface area contributed by atoms with E-state index in [0.29, 0.717) is 0 Å². The molecular weight excluding hydrogens is 196 g/mol. The van der Waals surface area contributed by atoms with Gasteiger partial charge in [0.2, 0.25) is 0 Å². The van der Waals surface area contributed by atoms with Gasteiger partial charge in [-0.25, -0.2) is 0 Å². The van der Waals surface area contributed by atoms with Gasteiger partial charge in [0.25, 0.3) is 0 Å². The van der Waals surface area contributed by atoms with Gasteiger partial charge < -0.3 is 10.3 Å². The van der Waals surface area contributed by atoms with Gasteiger partial charge in [0, 0.05) is 16.6 Å². The summed E-state index contributed by atoms with van der Waals surface area (Å²) in [5.74, 6) is 0. The molecular formula is C14H18N2. The lowest BCUT2D eigenvalue weighted by atomic mass is 10.1. The van der Waals surface area contributed by atoms with Crippen molar-refractivity contribution in [3.63, 3.8) is 0 Å². The van der Waals surface area contributed by atoms with Crippen molar-refractivity contribution in [1.29, 1.82) is 0 Å². The minimum atomic E-state index is 1.11. The molecule has 0 spiro atoms. The molecule has 0 aliphatic carbocycles. The Balaban J connectivity index is 2.07. The Bertz CT molecular complexity index is 484. The van der Waals surface area contributed by atoms with E-state index in [1.807, 2.05) is 0 Å². The predicted molar refractivity (Wildman–Crippen MR) is 67.8 cm³/mol. The number of benzene rings is 1. The molecule has 2 aromatic rings. The number of fused-ring (bicyclic) bond motifs is 3. The second-order valence-corrected chi connectivity index (χ2v) is 4.58. The number of nitrogens with one attached hydrogen (secondary N) is 2. The number of rotatable bonds is 0. The molecule has 2 nitrogen and oxygen atoms in total. The minimum Gasteiger partial charge on any atom is -0.358 e. The van der Waals surface area contributed by atoms with Crippen LogP contribution < -0.4 is 5.32 Å². The van der Waals surface area contributed by atoms with E-state index in [4.69, 9.17) is 0 Å². The third-order valence-electron chi connectivity index (χ3n) is 3.48. The first kappa shape index (κ1) is 9.91. The molecule has 0 atom stereocenters. The highest BCUT2D eigenvalue weighted by Crippen LogP contribution is 2.24. The first-order valence-electron chi connectivity index (χ1n) is 6.24. The van der Waals surface area contributed by atoms with E-state index < -0.39 is 0 Å². The van der Waals surface area contributed by atoms with Crippen LogP contribution in [-0.2, 0) is 12.8 Å². The van der Waals surface area contributed by atoms with E-state index in [2.05, 4.69) is 34.6 Å². The molecule has 0 unspecified atom stereocenters. The first-order chi connectivity index (χ1) is 7.95. The number of hydrogen-bond donors (Lipinski definition) is 2. The SMILES string of the molecule is c1ccc2c3c([nH]c2c1)CCCCNCC3. The van der Waals surface area contributed by atoms with E-state index in [9.17, 15) is 0 Å². The maximum atomic E-state index is 3.58. The van der Waals surface area contributed by atoms with Crippen LogP contribution in [0.15, 0.2) is 24.3 Å². The third kappa shape index (κ3) is 1.74. The fourth-order valence-corrected chi connectivity index (χ4v) is 2.64. The van der Waals surface area contributed by atoms with E-state index in [0.717, 1.165) is 13.0 Å². The molecule has 3 rings (SSSR count). The highest BCUT2D eigenvalue weighted by atomic mass is 14.8. The van der Waals surface area contributed by atoms with Crippen LogP contribution in [0.4, 0.5) is 0 Å². The van der Waals surface area contributed by atoms with Crippen molar-refractivity contribution in [3.05, 3.63) is 35.5 Å². The summed E-state index contributed by atoms with van der Waals surface area (Å²) in [4.78, 5) is 3.58. The van der Waals surface area contributed by atoms with Crippen LogP contribution in [0.25, 0.3) is 10.9 Å². The van der Waals surface area contributed by atoms with Crippen molar-refractivity contribution < 1.29 is 0 Å². The van der Waals surface area contributed by atoms with Crippen LogP contribution in [-0.4, -0.2) is 18.1 Å². The summed E-state index contributed by atoms with van der Waals surface area (Å²) >= 11 is 0. The van der Waals surface area contributed by atoms with Crippen LogP contribution >= 0.6 is 0 Å². The standard InChI is InChI=1S/C14H18N2/c1-2-6-13-11(5-1)12-8-10-15-9-4-3-7-14(12)16-13/h1-2,5-6,15-16H,3-4,7-10H2. The summed E-state index contributed by atoms with van der Waals surface area (Å²) < 4.78 is 0. The van der Waals surface area contributed by atoms with E-state index in [-0.39, 0.29) is 0 Å². The van der Waals surface area contributed by atoms with Crippen LogP contribution in [0, 0.1) is 0 Å². The van der Waals surface area contributed by atoms with Gasteiger partial charge >= 0.3 is 0 Å². The quantitative estimate of drug-likeness (QED) is 0.693. The summed E-state index contributed by atoms with van der Waals surface area (Å²) in [6.07, 6.45) is 4.92. The third-order valence-corrected chi connectivity index (χ3v) is 3.48. The number of para-hydroxylation sites is 1. The Labute approximate surface area is 96.1 Å². The zero-order valence-corrected chi connectivity index (χ0v) is 9.55. The number of aryl methyl sites for hydroxylation is 1. The molecule has 1 aromatic carbocycles. The van der Waals surface area contributed by atoms with Gasteiger partial charge in [0.1, 0.15) is 0 Å². The molecule has 0 amide bonds. The lowest BCUT2D eigenvalue weighted by molar-refractivity contribution is 0.636. The summed E-state index contributed by atoms with van der Waals surface area (Å²) in [5, 5.41) is 4.93. The molecule has 1 aliphatic rings. The minimum absolute atomic E-state index is 1.11. The molecule has 2 heterocycles. The number of aromatic amines is 1. The van der Waals surface area contributed by atoms with Crippen LogP contribution in [0.3, 0.4) is 0 Å². The van der Waals surface area contributed by atoms with Crippen molar-refractivity contribution in [2.45, 2.75) is 25.7 Å². The Morgan fingerprint density at radius 3 is 2.88 bits per heavy atom. The van der Waals surface area contributed by atoms with Crippen LogP contribution in [0.5, 0.6) is 0 Å². The normalized spacial score (nSPS) is 17.5. The average Bonchev–Trinajstić information content (AvgIpc) is 2.69. The molecule has 0 saturated heterocycles. The fraction of sp³-hybridized carbons (Fsp3) is 0.429. The lowest BCUT2D eigenvalue weighted by Gasteiger charge is -2.02. The van der Waals surface area contributed by atoms with Gasteiger partial charge in [-0.2, -0.15) is 0 Å². The summed E-state index contributed by atoms with van der Waals surface area (Å²) in [6.45, 7) is 2.27. The monoisotopic (exact) mass is 214 g/mol. The Morgan fingerprint density at radius 2 is 1.88 bits per heavy atom. The van der Waals surface area contributed by atoms with Crippen LogP contribution in [0.1, 0.15) is 24.1 Å². The highest BCUT2D eigenvalue weighted by Gasteiger charge is 2.11. The van der Waals surface area contributed by atoms with Crippen molar-refractivity contribution in [1.82, 2.24) is 10.3 Å². The molecule has 0 fully saturated rings.